The van der Waals surface area contributed by atoms with Crippen molar-refractivity contribution < 1.29 is 19.2 Å². The Labute approximate surface area is 212 Å². The molecule has 1 aliphatic carbocycles. The number of amides is 1. The normalized spacial score (nSPS) is 18.8. The van der Waals surface area contributed by atoms with Crippen LogP contribution in [0.2, 0.25) is 5.04 Å². The highest BCUT2D eigenvalue weighted by molar-refractivity contribution is 6.99. The van der Waals surface area contributed by atoms with Crippen molar-refractivity contribution in [3.63, 3.8) is 0 Å². The van der Waals surface area contributed by atoms with E-state index in [2.05, 4.69) is 81.4 Å². The van der Waals surface area contributed by atoms with E-state index in [0.29, 0.717) is 0 Å². The molecule has 5 nitrogen and oxygen atoms in total. The second kappa shape index (κ2) is 12.3. The van der Waals surface area contributed by atoms with Gasteiger partial charge in [-0.05, 0) is 40.6 Å². The van der Waals surface area contributed by atoms with E-state index in [1.165, 1.54) is 22.5 Å². The van der Waals surface area contributed by atoms with Gasteiger partial charge in [-0.15, -0.1) is 0 Å². The number of aliphatic hydroxyl groups excluding tert-OH is 1. The highest BCUT2D eigenvalue weighted by atomic mass is 28.4. The van der Waals surface area contributed by atoms with Crippen molar-refractivity contribution in [1.29, 1.82) is 0 Å². The van der Waals surface area contributed by atoms with Gasteiger partial charge in [-0.1, -0.05) is 101 Å². The number of rotatable bonds is 13. The summed E-state index contributed by atoms with van der Waals surface area (Å²) >= 11 is 0. The van der Waals surface area contributed by atoms with Crippen LogP contribution in [0, 0.1) is 11.8 Å². The molecule has 0 unspecified atom stereocenters. The van der Waals surface area contributed by atoms with Gasteiger partial charge in [0.1, 0.15) is 0 Å². The molecule has 2 aromatic carbocycles. The molecule has 3 atom stereocenters. The van der Waals surface area contributed by atoms with Gasteiger partial charge < -0.3 is 9.53 Å². The fourth-order valence-electron chi connectivity index (χ4n) is 5.26. The van der Waals surface area contributed by atoms with Crippen LogP contribution < -0.4 is 10.4 Å². The van der Waals surface area contributed by atoms with Crippen LogP contribution in [0.25, 0.3) is 0 Å². The Morgan fingerprint density at radius 3 is 2.06 bits per heavy atom. The molecule has 3 rings (SSSR count). The van der Waals surface area contributed by atoms with E-state index in [-0.39, 0.29) is 22.8 Å². The Bertz CT molecular complexity index is 876. The minimum Gasteiger partial charge on any atom is -0.407 e. The van der Waals surface area contributed by atoms with Crippen LogP contribution in [-0.2, 0) is 14.1 Å². The molecule has 0 bridgehead atoms. The summed E-state index contributed by atoms with van der Waals surface area (Å²) in [4.78, 5) is 17.1. The zero-order valence-electron chi connectivity index (χ0n) is 22.1. The van der Waals surface area contributed by atoms with Crippen LogP contribution in [-0.4, -0.2) is 51.3 Å². The summed E-state index contributed by atoms with van der Waals surface area (Å²) in [6.45, 7) is 7.65. The van der Waals surface area contributed by atoms with E-state index >= 15 is 0 Å². The van der Waals surface area contributed by atoms with Crippen LogP contribution in [0.4, 0.5) is 0 Å². The third-order valence-corrected chi connectivity index (χ3v) is 12.4. The highest BCUT2D eigenvalue weighted by Gasteiger charge is 2.50. The van der Waals surface area contributed by atoms with Crippen LogP contribution in [0.3, 0.4) is 0 Å². The monoisotopic (exact) mass is 497 g/mol. The quantitative estimate of drug-likeness (QED) is 0.251. The molecule has 0 radical (unpaired) electrons. The van der Waals surface area contributed by atoms with Gasteiger partial charge in [-0.2, -0.15) is 0 Å². The Morgan fingerprint density at radius 2 is 1.54 bits per heavy atom. The van der Waals surface area contributed by atoms with E-state index in [1.807, 2.05) is 0 Å². The zero-order chi connectivity index (χ0) is 25.5. The topological polar surface area (TPSA) is 59.0 Å². The number of hydrogen-bond donors (Lipinski definition) is 1. The molecule has 192 valence electrons. The average Bonchev–Trinajstić information content (AvgIpc) is 3.66. The highest BCUT2D eigenvalue weighted by Crippen LogP contribution is 2.43. The Kier molecular flexibility index (Phi) is 9.70. The molecule has 2 aromatic rings. The van der Waals surface area contributed by atoms with Gasteiger partial charge in [0.15, 0.2) is 0 Å². The summed E-state index contributed by atoms with van der Waals surface area (Å²) in [6, 6.07) is 21.5. The maximum absolute atomic E-state index is 12.1. The second-order valence-electron chi connectivity index (χ2n) is 10.8. The molecular formula is C29H43NO4Si. The zero-order valence-corrected chi connectivity index (χ0v) is 23.1. The second-order valence-corrected chi connectivity index (χ2v) is 15.1. The van der Waals surface area contributed by atoms with Crippen LogP contribution in [0.5, 0.6) is 0 Å². The summed E-state index contributed by atoms with van der Waals surface area (Å²) in [6.07, 6.45) is 5.22. The molecule has 0 aromatic heterocycles. The molecule has 0 saturated heterocycles. The SMILES string of the molecule is CON(C)C(=O)[C@@H]1C[C@H]1[C@@H](O)CCCCCCO[Si](c1ccccc1)(c1ccccc1)C(C)(C)C. The first kappa shape index (κ1) is 27.6. The predicted octanol–water partition coefficient (Wildman–Crippen LogP) is 4.53. The number of benzene rings is 2. The molecule has 35 heavy (non-hydrogen) atoms. The fraction of sp³-hybridized carbons (Fsp3) is 0.552. The summed E-state index contributed by atoms with van der Waals surface area (Å²) in [5.74, 6) is -0.0367. The van der Waals surface area contributed by atoms with E-state index in [0.717, 1.165) is 45.1 Å². The lowest BCUT2D eigenvalue weighted by atomic mass is 10.0. The number of aliphatic hydroxyl groups is 1. The summed E-state index contributed by atoms with van der Waals surface area (Å²) in [5.41, 5.74) is 0. The minimum absolute atomic E-state index is 0.00502. The lowest BCUT2D eigenvalue weighted by molar-refractivity contribution is -0.170. The van der Waals surface area contributed by atoms with Crippen molar-refractivity contribution in [1.82, 2.24) is 5.06 Å². The van der Waals surface area contributed by atoms with Gasteiger partial charge in [0.05, 0.1) is 13.2 Å². The van der Waals surface area contributed by atoms with Gasteiger partial charge in [0.25, 0.3) is 8.32 Å². The first-order valence-corrected chi connectivity index (χ1v) is 14.9. The van der Waals surface area contributed by atoms with Crippen molar-refractivity contribution in [2.75, 3.05) is 20.8 Å². The van der Waals surface area contributed by atoms with Gasteiger partial charge >= 0.3 is 0 Å². The maximum atomic E-state index is 12.1. The molecule has 1 N–H and O–H groups in total. The van der Waals surface area contributed by atoms with E-state index < -0.39 is 14.4 Å². The van der Waals surface area contributed by atoms with Gasteiger partial charge in [0, 0.05) is 19.6 Å². The largest absolute Gasteiger partial charge is 0.407 e. The molecule has 0 heterocycles. The maximum Gasteiger partial charge on any atom is 0.261 e. The van der Waals surface area contributed by atoms with Gasteiger partial charge in [-0.3, -0.25) is 9.63 Å². The van der Waals surface area contributed by atoms with E-state index in [1.54, 1.807) is 7.05 Å². The van der Waals surface area contributed by atoms with E-state index in [4.69, 9.17) is 9.26 Å². The van der Waals surface area contributed by atoms with Crippen molar-refractivity contribution in [2.24, 2.45) is 11.8 Å². The van der Waals surface area contributed by atoms with Crippen LogP contribution >= 0.6 is 0 Å². The average molecular weight is 498 g/mol. The molecular weight excluding hydrogens is 454 g/mol. The molecule has 6 heteroatoms. The predicted molar refractivity (Wildman–Crippen MR) is 144 cm³/mol. The summed E-state index contributed by atoms with van der Waals surface area (Å²) in [5, 5.41) is 14.4. The van der Waals surface area contributed by atoms with E-state index in [9.17, 15) is 9.90 Å². The Morgan fingerprint density at radius 1 is 1.00 bits per heavy atom. The first-order chi connectivity index (χ1) is 16.7. The number of unbranched alkanes of at least 4 members (excludes halogenated alkanes) is 3. The van der Waals surface area contributed by atoms with Crippen molar-refractivity contribution in [3.05, 3.63) is 60.7 Å². The first-order valence-electron chi connectivity index (χ1n) is 13.0. The molecule has 1 saturated carbocycles. The molecule has 1 aliphatic rings. The lowest BCUT2D eigenvalue weighted by Gasteiger charge is -2.43. The number of carbonyl (C=O) groups is 1. The summed E-state index contributed by atoms with van der Waals surface area (Å²) in [7, 11) is 0.654. The summed E-state index contributed by atoms with van der Waals surface area (Å²) < 4.78 is 6.95. The van der Waals surface area contributed by atoms with Crippen LogP contribution in [0.1, 0.15) is 59.3 Å². The number of nitrogens with zero attached hydrogens (tertiary/aromatic N) is 1. The minimum atomic E-state index is -2.46. The Hall–Kier alpha value is -1.99. The number of carbonyl (C=O) groups excluding carboxylic acids is 1. The van der Waals surface area contributed by atoms with Crippen molar-refractivity contribution in [3.8, 4) is 0 Å². The third-order valence-electron chi connectivity index (χ3n) is 7.37. The number of hydrogen-bond acceptors (Lipinski definition) is 4. The molecule has 0 spiro atoms. The molecule has 1 fully saturated rings. The van der Waals surface area contributed by atoms with Crippen molar-refractivity contribution in [2.45, 2.75) is 70.4 Å². The smallest absolute Gasteiger partial charge is 0.261 e. The third kappa shape index (κ3) is 6.61. The Balaban J connectivity index is 1.50. The van der Waals surface area contributed by atoms with Gasteiger partial charge in [0.2, 0.25) is 5.91 Å². The molecule has 1 amide bonds. The van der Waals surface area contributed by atoms with Crippen molar-refractivity contribution >= 4 is 24.6 Å². The number of hydroxylamine groups is 2. The molecule has 0 aliphatic heterocycles. The fourth-order valence-corrected chi connectivity index (χ4v) is 9.86. The van der Waals surface area contributed by atoms with Crippen LogP contribution in [0.15, 0.2) is 60.7 Å². The standard InChI is InChI=1S/C29H43NO4Si/c1-29(2,3)35(23-16-10-8-11-17-23,24-18-12-9-13-19-24)34-21-15-7-6-14-20-27(31)25-22-26(25)28(32)30(4)33-5/h8-13,16-19,25-27,31H,6-7,14-15,20-22H2,1-5H3/t25-,26-,27+/m1/s1. The lowest BCUT2D eigenvalue weighted by Crippen LogP contribution is -2.66. The van der Waals surface area contributed by atoms with Gasteiger partial charge in [-0.25, -0.2) is 5.06 Å².